The zero-order chi connectivity index (χ0) is 16.2. The highest BCUT2D eigenvalue weighted by Crippen LogP contribution is 2.20. The number of rotatable bonds is 3. The topological polar surface area (TPSA) is 23.6 Å². The molecule has 0 aliphatic carbocycles. The minimum Gasteiger partial charge on any atom is -0.357 e. The zero-order valence-electron chi connectivity index (χ0n) is 13.2. The average molecular weight is 324 g/mol. The van der Waals surface area contributed by atoms with Gasteiger partial charge in [-0.3, -0.25) is 4.79 Å². The molecule has 0 N–H and O–H groups in total. The Kier molecular flexibility index (Phi) is 4.84. The van der Waals surface area contributed by atoms with Gasteiger partial charge in [0.15, 0.2) is 4.99 Å². The molecule has 23 heavy (non-hydrogen) atoms. The third kappa shape index (κ3) is 3.66. The van der Waals surface area contributed by atoms with E-state index >= 15 is 0 Å². The Hall–Kier alpha value is -2.04. The number of likely N-dealkylation sites (N-methyl/N-ethyl adjacent to an activating group) is 1. The molecule has 1 fully saturated rings. The molecule has 0 unspecified atom stereocenters. The maximum absolute atomic E-state index is 12.6. The van der Waals surface area contributed by atoms with Crippen molar-refractivity contribution in [1.29, 1.82) is 0 Å². The summed E-state index contributed by atoms with van der Waals surface area (Å²) in [4.78, 5) is 17.3. The summed E-state index contributed by atoms with van der Waals surface area (Å²) in [5.41, 5.74) is 2.91. The highest BCUT2D eigenvalue weighted by Gasteiger charge is 2.22. The SMILES string of the molecule is CN1CCN(C(=S)C(=O)c2ccc(-c3ccccc3)cc2)CC1. The highest BCUT2D eigenvalue weighted by atomic mass is 32.1. The summed E-state index contributed by atoms with van der Waals surface area (Å²) in [6.45, 7) is 3.53. The minimum absolute atomic E-state index is 0.0517. The van der Waals surface area contributed by atoms with Gasteiger partial charge in [0.25, 0.3) is 0 Å². The van der Waals surface area contributed by atoms with Crippen LogP contribution < -0.4 is 0 Å². The summed E-state index contributed by atoms with van der Waals surface area (Å²) < 4.78 is 0. The second kappa shape index (κ2) is 7.02. The van der Waals surface area contributed by atoms with E-state index in [0.717, 1.165) is 37.3 Å². The number of Topliss-reactive ketones (excluding diaryl/α,β-unsaturated/α-hetero) is 1. The molecule has 1 aliphatic heterocycles. The quantitative estimate of drug-likeness (QED) is 0.639. The molecule has 0 atom stereocenters. The van der Waals surface area contributed by atoms with Crippen molar-refractivity contribution >= 4 is 23.0 Å². The van der Waals surface area contributed by atoms with E-state index < -0.39 is 0 Å². The number of carbonyl (C=O) groups excluding carboxylic acids is 1. The summed E-state index contributed by atoms with van der Waals surface area (Å²) >= 11 is 5.40. The van der Waals surface area contributed by atoms with Gasteiger partial charge in [0.2, 0.25) is 5.78 Å². The molecule has 2 aromatic rings. The fraction of sp³-hybridized carbons (Fsp3) is 0.263. The summed E-state index contributed by atoms with van der Waals surface area (Å²) in [6.07, 6.45) is 0. The summed E-state index contributed by atoms with van der Waals surface area (Å²) in [7, 11) is 2.09. The number of benzene rings is 2. The van der Waals surface area contributed by atoms with Crippen LogP contribution in [0.1, 0.15) is 10.4 Å². The molecule has 0 radical (unpaired) electrons. The van der Waals surface area contributed by atoms with Crippen LogP contribution >= 0.6 is 12.2 Å². The maximum atomic E-state index is 12.6. The summed E-state index contributed by atoms with van der Waals surface area (Å²) in [5, 5.41) is 0. The Bertz CT molecular complexity index is 689. The first-order chi connectivity index (χ1) is 11.1. The van der Waals surface area contributed by atoms with Crippen LogP contribution in [0.5, 0.6) is 0 Å². The van der Waals surface area contributed by atoms with Gasteiger partial charge in [-0.05, 0) is 18.2 Å². The fourth-order valence-corrected chi connectivity index (χ4v) is 3.02. The molecule has 0 spiro atoms. The van der Waals surface area contributed by atoms with Crippen LogP contribution in [0.2, 0.25) is 0 Å². The monoisotopic (exact) mass is 324 g/mol. The largest absolute Gasteiger partial charge is 0.357 e. The summed E-state index contributed by atoms with van der Waals surface area (Å²) in [6, 6.07) is 17.8. The van der Waals surface area contributed by atoms with Gasteiger partial charge in [0.1, 0.15) is 0 Å². The van der Waals surface area contributed by atoms with Crippen LogP contribution in [0.15, 0.2) is 54.6 Å². The molecule has 0 aromatic heterocycles. The molecule has 3 nitrogen and oxygen atoms in total. The smallest absolute Gasteiger partial charge is 0.220 e. The normalized spacial score (nSPS) is 15.4. The van der Waals surface area contributed by atoms with E-state index in [4.69, 9.17) is 12.2 Å². The molecule has 0 saturated carbocycles. The lowest BCUT2D eigenvalue weighted by Crippen LogP contribution is -2.48. The van der Waals surface area contributed by atoms with Crippen molar-refractivity contribution in [1.82, 2.24) is 9.80 Å². The molecule has 4 heteroatoms. The molecular weight excluding hydrogens is 304 g/mol. The molecule has 2 aromatic carbocycles. The van der Waals surface area contributed by atoms with Crippen molar-refractivity contribution in [3.63, 3.8) is 0 Å². The number of hydrogen-bond acceptors (Lipinski definition) is 3. The molecule has 1 heterocycles. The fourth-order valence-electron chi connectivity index (χ4n) is 2.72. The maximum Gasteiger partial charge on any atom is 0.220 e. The van der Waals surface area contributed by atoms with Gasteiger partial charge >= 0.3 is 0 Å². The van der Waals surface area contributed by atoms with E-state index in [1.807, 2.05) is 47.4 Å². The van der Waals surface area contributed by atoms with Gasteiger partial charge in [-0.25, -0.2) is 0 Å². The number of ketones is 1. The van der Waals surface area contributed by atoms with Crippen molar-refractivity contribution < 1.29 is 4.79 Å². The number of carbonyl (C=O) groups is 1. The first-order valence-corrected chi connectivity index (χ1v) is 8.23. The summed E-state index contributed by atoms with van der Waals surface area (Å²) in [5.74, 6) is -0.0517. The number of nitrogens with zero attached hydrogens (tertiary/aromatic N) is 2. The van der Waals surface area contributed by atoms with Crippen LogP contribution in [-0.4, -0.2) is 53.8 Å². The third-order valence-electron chi connectivity index (χ3n) is 4.24. The predicted octanol–water partition coefficient (Wildman–Crippen LogP) is 3.11. The van der Waals surface area contributed by atoms with Crippen LogP contribution in [0.3, 0.4) is 0 Å². The lowest BCUT2D eigenvalue weighted by Gasteiger charge is -2.33. The molecule has 3 rings (SSSR count). The van der Waals surface area contributed by atoms with E-state index in [1.165, 1.54) is 0 Å². The molecule has 1 aliphatic rings. The Morgan fingerprint density at radius 1 is 0.870 bits per heavy atom. The van der Waals surface area contributed by atoms with Gasteiger partial charge in [0.05, 0.1) is 0 Å². The van der Waals surface area contributed by atoms with Crippen LogP contribution in [0.25, 0.3) is 11.1 Å². The van der Waals surface area contributed by atoms with E-state index in [1.54, 1.807) is 0 Å². The Morgan fingerprint density at radius 2 is 1.43 bits per heavy atom. The average Bonchev–Trinajstić information content (AvgIpc) is 2.62. The van der Waals surface area contributed by atoms with Crippen molar-refractivity contribution in [3.05, 3.63) is 60.2 Å². The lowest BCUT2D eigenvalue weighted by atomic mass is 10.0. The van der Waals surface area contributed by atoms with E-state index in [2.05, 4.69) is 24.1 Å². The highest BCUT2D eigenvalue weighted by molar-refractivity contribution is 7.82. The van der Waals surface area contributed by atoms with Gasteiger partial charge < -0.3 is 9.80 Å². The standard InChI is InChI=1S/C19H20N2OS/c1-20-11-13-21(14-12-20)19(23)18(22)17-9-7-16(8-10-17)15-5-3-2-4-6-15/h2-10H,11-14H2,1H3. The molecule has 1 saturated heterocycles. The minimum atomic E-state index is -0.0517. The number of thiocarbonyl (C=S) groups is 1. The van der Waals surface area contributed by atoms with Crippen molar-refractivity contribution in [2.24, 2.45) is 0 Å². The number of piperazine rings is 1. The molecular formula is C19H20N2OS. The van der Waals surface area contributed by atoms with Gasteiger partial charge in [-0.1, -0.05) is 66.8 Å². The van der Waals surface area contributed by atoms with Crippen molar-refractivity contribution in [2.45, 2.75) is 0 Å². The number of hydrogen-bond donors (Lipinski definition) is 0. The molecule has 0 bridgehead atoms. The van der Waals surface area contributed by atoms with Gasteiger partial charge in [0, 0.05) is 31.7 Å². The van der Waals surface area contributed by atoms with Gasteiger partial charge in [-0.15, -0.1) is 0 Å². The predicted molar refractivity (Wildman–Crippen MR) is 97.9 cm³/mol. The van der Waals surface area contributed by atoms with Gasteiger partial charge in [-0.2, -0.15) is 0 Å². The van der Waals surface area contributed by atoms with E-state index in [9.17, 15) is 4.79 Å². The molecule has 118 valence electrons. The Labute approximate surface area is 142 Å². The first kappa shape index (κ1) is 15.8. The Balaban J connectivity index is 1.71. The molecule has 0 amide bonds. The second-order valence-corrected chi connectivity index (χ2v) is 6.25. The van der Waals surface area contributed by atoms with Crippen molar-refractivity contribution in [2.75, 3.05) is 33.2 Å². The lowest BCUT2D eigenvalue weighted by molar-refractivity contribution is 0.104. The van der Waals surface area contributed by atoms with Crippen molar-refractivity contribution in [3.8, 4) is 11.1 Å². The second-order valence-electron chi connectivity index (χ2n) is 5.87. The zero-order valence-corrected chi connectivity index (χ0v) is 14.1. The van der Waals surface area contributed by atoms with Crippen LogP contribution in [-0.2, 0) is 0 Å². The van der Waals surface area contributed by atoms with E-state index in [-0.39, 0.29) is 5.78 Å². The first-order valence-electron chi connectivity index (χ1n) is 7.83. The Morgan fingerprint density at radius 3 is 2.04 bits per heavy atom. The van der Waals surface area contributed by atoms with E-state index in [0.29, 0.717) is 10.6 Å². The third-order valence-corrected chi connectivity index (χ3v) is 4.68. The van der Waals surface area contributed by atoms with Crippen LogP contribution in [0, 0.1) is 0 Å². The van der Waals surface area contributed by atoms with Crippen LogP contribution in [0.4, 0.5) is 0 Å².